The van der Waals surface area contributed by atoms with Crippen molar-refractivity contribution in [2.24, 2.45) is 0 Å². The number of amides is 2. The van der Waals surface area contributed by atoms with Crippen LogP contribution in [0.25, 0.3) is 11.0 Å². The van der Waals surface area contributed by atoms with Gasteiger partial charge in [-0.05, 0) is 51.5 Å². The Balaban J connectivity index is 1.84. The van der Waals surface area contributed by atoms with Gasteiger partial charge >= 0.3 is 0 Å². The summed E-state index contributed by atoms with van der Waals surface area (Å²) in [6, 6.07) is 19.7. The summed E-state index contributed by atoms with van der Waals surface area (Å²) in [7, 11) is 3.06. The largest absolute Gasteiger partial charge is 0.493 e. The molecule has 1 heterocycles. The molecule has 0 saturated heterocycles. The van der Waals surface area contributed by atoms with Gasteiger partial charge in [0.05, 0.1) is 19.7 Å². The zero-order valence-electron chi connectivity index (χ0n) is 23.3. The summed E-state index contributed by atoms with van der Waals surface area (Å²) in [6.45, 7) is 7.80. The van der Waals surface area contributed by atoms with E-state index in [1.54, 1.807) is 27.8 Å². The van der Waals surface area contributed by atoms with Crippen LogP contribution in [0.4, 0.5) is 0 Å². The number of fused-ring (bicyclic) bond motifs is 1. The molecule has 0 spiro atoms. The second-order valence-corrected chi connectivity index (χ2v) is 10.5. The molecule has 0 aliphatic rings. The molecule has 1 atom stereocenters. The lowest BCUT2D eigenvalue weighted by Gasteiger charge is -2.34. The van der Waals surface area contributed by atoms with Crippen LogP contribution in [-0.2, 0) is 22.7 Å². The molecule has 0 fully saturated rings. The van der Waals surface area contributed by atoms with Crippen molar-refractivity contribution in [2.45, 2.75) is 52.4 Å². The van der Waals surface area contributed by atoms with Crippen molar-refractivity contribution in [3.05, 3.63) is 83.4 Å². The van der Waals surface area contributed by atoms with E-state index in [1.165, 1.54) is 14.2 Å². The van der Waals surface area contributed by atoms with Gasteiger partial charge in [-0.25, -0.2) is 4.68 Å². The maximum absolute atomic E-state index is 14.1. The number of rotatable bonds is 9. The molecule has 3 aromatic carbocycles. The van der Waals surface area contributed by atoms with Gasteiger partial charge in [0.2, 0.25) is 11.8 Å². The molecular formula is C30H35N5O4. The summed E-state index contributed by atoms with van der Waals surface area (Å²) in [4.78, 5) is 29.7. The minimum Gasteiger partial charge on any atom is -0.493 e. The Morgan fingerprint density at radius 3 is 2.36 bits per heavy atom. The smallest absolute Gasteiger partial charge is 0.248 e. The molecule has 39 heavy (non-hydrogen) atoms. The molecule has 4 aromatic rings. The van der Waals surface area contributed by atoms with Crippen LogP contribution in [0.5, 0.6) is 11.5 Å². The second-order valence-electron chi connectivity index (χ2n) is 10.5. The van der Waals surface area contributed by atoms with Crippen molar-refractivity contribution < 1.29 is 19.1 Å². The van der Waals surface area contributed by atoms with Gasteiger partial charge < -0.3 is 19.7 Å². The minimum atomic E-state index is -1.02. The van der Waals surface area contributed by atoms with Crippen LogP contribution in [0.2, 0.25) is 0 Å². The van der Waals surface area contributed by atoms with Crippen molar-refractivity contribution in [3.8, 4) is 11.5 Å². The number of ether oxygens (including phenoxy) is 2. The van der Waals surface area contributed by atoms with Crippen LogP contribution in [0, 0.1) is 6.92 Å². The molecule has 0 aliphatic carbocycles. The summed E-state index contributed by atoms with van der Waals surface area (Å²) in [5.41, 5.74) is 3.38. The first kappa shape index (κ1) is 27.6. The Bertz CT molecular complexity index is 1460. The topological polar surface area (TPSA) is 98.6 Å². The fraction of sp³-hybridized carbons (Fsp3) is 0.333. The third-order valence-corrected chi connectivity index (χ3v) is 6.29. The van der Waals surface area contributed by atoms with Crippen molar-refractivity contribution >= 4 is 22.8 Å². The third kappa shape index (κ3) is 6.37. The second kappa shape index (κ2) is 11.6. The van der Waals surface area contributed by atoms with E-state index in [1.807, 2.05) is 76.2 Å². The zero-order chi connectivity index (χ0) is 28.2. The number of benzene rings is 3. The van der Waals surface area contributed by atoms with E-state index in [0.29, 0.717) is 22.6 Å². The molecule has 0 saturated carbocycles. The molecule has 0 aliphatic heterocycles. The molecule has 1 aromatic heterocycles. The van der Waals surface area contributed by atoms with Crippen molar-refractivity contribution in [3.63, 3.8) is 0 Å². The molecule has 204 valence electrons. The monoisotopic (exact) mass is 529 g/mol. The van der Waals surface area contributed by atoms with E-state index in [0.717, 1.165) is 16.6 Å². The standard InChI is InChI=1S/C30H35N5O4/c1-20-14-16-21(17-15-20)18-34(26(36)19-35-24-12-8-7-11-23(24)32-33-35)27(29(37)31-30(2,3)4)22-10-9-13-25(38-5)28(22)39-6/h7-17,27H,18-19H2,1-6H3,(H,31,37). The summed E-state index contributed by atoms with van der Waals surface area (Å²) < 4.78 is 12.8. The molecular weight excluding hydrogens is 494 g/mol. The maximum Gasteiger partial charge on any atom is 0.248 e. The number of para-hydroxylation sites is 2. The van der Waals surface area contributed by atoms with E-state index < -0.39 is 11.6 Å². The highest BCUT2D eigenvalue weighted by atomic mass is 16.5. The van der Waals surface area contributed by atoms with Gasteiger partial charge in [0.25, 0.3) is 0 Å². The van der Waals surface area contributed by atoms with Gasteiger partial charge in [-0.15, -0.1) is 5.10 Å². The van der Waals surface area contributed by atoms with E-state index in [-0.39, 0.29) is 24.9 Å². The first-order valence-electron chi connectivity index (χ1n) is 12.8. The number of carbonyl (C=O) groups is 2. The summed E-state index contributed by atoms with van der Waals surface area (Å²) in [6.07, 6.45) is 0. The molecule has 9 heteroatoms. The van der Waals surface area contributed by atoms with E-state index in [9.17, 15) is 9.59 Å². The van der Waals surface area contributed by atoms with E-state index >= 15 is 0 Å². The molecule has 1 N–H and O–H groups in total. The minimum absolute atomic E-state index is 0.0992. The number of carbonyl (C=O) groups excluding carboxylic acids is 2. The van der Waals surface area contributed by atoms with Crippen molar-refractivity contribution in [1.82, 2.24) is 25.2 Å². The number of nitrogens with one attached hydrogen (secondary N) is 1. The number of hydrogen-bond donors (Lipinski definition) is 1. The van der Waals surface area contributed by atoms with Crippen LogP contribution in [0.3, 0.4) is 0 Å². The molecule has 0 radical (unpaired) electrons. The molecule has 1 unspecified atom stereocenters. The van der Waals surface area contributed by atoms with Crippen molar-refractivity contribution in [1.29, 1.82) is 0 Å². The maximum atomic E-state index is 14.1. The quantitative estimate of drug-likeness (QED) is 0.344. The molecule has 9 nitrogen and oxygen atoms in total. The van der Waals surface area contributed by atoms with Crippen LogP contribution < -0.4 is 14.8 Å². The number of aryl methyl sites for hydroxylation is 1. The first-order valence-corrected chi connectivity index (χ1v) is 12.8. The van der Waals surface area contributed by atoms with Gasteiger partial charge in [0, 0.05) is 17.6 Å². The first-order chi connectivity index (χ1) is 18.6. The Morgan fingerprint density at radius 1 is 0.974 bits per heavy atom. The highest BCUT2D eigenvalue weighted by Gasteiger charge is 2.36. The van der Waals surface area contributed by atoms with Gasteiger partial charge in [0.1, 0.15) is 18.1 Å². The van der Waals surface area contributed by atoms with Crippen molar-refractivity contribution in [2.75, 3.05) is 14.2 Å². The Kier molecular flexibility index (Phi) is 8.18. The zero-order valence-corrected chi connectivity index (χ0v) is 23.3. The van der Waals surface area contributed by atoms with Crippen LogP contribution in [0.1, 0.15) is 43.5 Å². The average molecular weight is 530 g/mol. The predicted molar refractivity (Wildman–Crippen MR) is 149 cm³/mol. The van der Waals surface area contributed by atoms with Crippen LogP contribution in [-0.4, -0.2) is 51.5 Å². The van der Waals surface area contributed by atoms with Crippen LogP contribution in [0.15, 0.2) is 66.7 Å². The fourth-order valence-electron chi connectivity index (χ4n) is 4.48. The van der Waals surface area contributed by atoms with Gasteiger partial charge in [-0.2, -0.15) is 0 Å². The third-order valence-electron chi connectivity index (χ3n) is 6.29. The summed E-state index contributed by atoms with van der Waals surface area (Å²) >= 11 is 0. The van der Waals surface area contributed by atoms with Gasteiger partial charge in [0.15, 0.2) is 11.5 Å². The number of hydrogen-bond acceptors (Lipinski definition) is 6. The molecule has 0 bridgehead atoms. The Labute approximate surface area is 228 Å². The number of aromatic nitrogens is 3. The summed E-state index contributed by atoms with van der Waals surface area (Å²) in [5.74, 6) is 0.221. The highest BCUT2D eigenvalue weighted by Crippen LogP contribution is 2.38. The average Bonchev–Trinajstić information content (AvgIpc) is 3.30. The Morgan fingerprint density at radius 2 is 1.69 bits per heavy atom. The lowest BCUT2D eigenvalue weighted by atomic mass is 9.99. The van der Waals surface area contributed by atoms with E-state index in [2.05, 4.69) is 15.6 Å². The SMILES string of the molecule is COc1cccc(C(C(=O)NC(C)(C)C)N(Cc2ccc(C)cc2)C(=O)Cn2nnc3ccccc32)c1OC. The highest BCUT2D eigenvalue weighted by molar-refractivity contribution is 5.90. The lowest BCUT2D eigenvalue weighted by molar-refractivity contribution is -0.142. The number of nitrogens with zero attached hydrogens (tertiary/aromatic N) is 4. The predicted octanol–water partition coefficient (Wildman–Crippen LogP) is 4.44. The Hall–Kier alpha value is -4.40. The van der Waals surface area contributed by atoms with Gasteiger partial charge in [-0.1, -0.05) is 59.3 Å². The summed E-state index contributed by atoms with van der Waals surface area (Å²) in [5, 5.41) is 11.5. The lowest BCUT2D eigenvalue weighted by Crippen LogP contribution is -2.49. The normalized spacial score (nSPS) is 12.2. The number of methoxy groups -OCH3 is 2. The molecule has 2 amide bonds. The van der Waals surface area contributed by atoms with E-state index in [4.69, 9.17) is 9.47 Å². The molecule has 4 rings (SSSR count). The fourth-order valence-corrected chi connectivity index (χ4v) is 4.48. The van der Waals surface area contributed by atoms with Crippen LogP contribution >= 0.6 is 0 Å². The van der Waals surface area contributed by atoms with Gasteiger partial charge in [-0.3, -0.25) is 9.59 Å².